The van der Waals surface area contributed by atoms with Crippen LogP contribution in [0.25, 0.3) is 0 Å². The normalized spacial score (nSPS) is 8.79. The summed E-state index contributed by atoms with van der Waals surface area (Å²) < 4.78 is 5.09. The lowest BCUT2D eigenvalue weighted by Gasteiger charge is -2.03. The summed E-state index contributed by atoms with van der Waals surface area (Å²) in [6.45, 7) is 0.112. The summed E-state index contributed by atoms with van der Waals surface area (Å²) in [7, 11) is 0. The number of rotatable bonds is 4. The van der Waals surface area contributed by atoms with Crippen LogP contribution in [0, 0.1) is 12.3 Å². The van der Waals surface area contributed by atoms with Gasteiger partial charge in [0.15, 0.2) is 0 Å². The summed E-state index contributed by atoms with van der Waals surface area (Å²) in [5.74, 6) is 2.72. The van der Waals surface area contributed by atoms with Gasteiger partial charge in [0.25, 0.3) is 0 Å². The molecule has 1 rings (SSSR count). The summed E-state index contributed by atoms with van der Waals surface area (Å²) in [5, 5.41) is 0. The highest BCUT2D eigenvalue weighted by Gasteiger charge is 2.00. The van der Waals surface area contributed by atoms with E-state index in [9.17, 15) is 9.59 Å². The maximum atomic E-state index is 10.5. The average molecular weight is 188 g/mol. The van der Waals surface area contributed by atoms with Crippen LogP contribution in [0.2, 0.25) is 0 Å². The quantitative estimate of drug-likeness (QED) is 0.528. The summed E-state index contributed by atoms with van der Waals surface area (Å²) in [5.41, 5.74) is 0.781. The Morgan fingerprint density at radius 1 is 1.21 bits per heavy atom. The third-order valence-electron chi connectivity index (χ3n) is 1.55. The van der Waals surface area contributed by atoms with Crippen LogP contribution in [0.5, 0.6) is 5.75 Å². The lowest BCUT2D eigenvalue weighted by molar-refractivity contribution is 0.112. The number of terminal acetylenes is 1. The van der Waals surface area contributed by atoms with E-state index in [1.165, 1.54) is 18.2 Å². The van der Waals surface area contributed by atoms with Gasteiger partial charge < -0.3 is 4.74 Å². The zero-order valence-electron chi connectivity index (χ0n) is 7.40. The summed E-state index contributed by atoms with van der Waals surface area (Å²) in [4.78, 5) is 21.0. The largest absolute Gasteiger partial charge is 0.481 e. The van der Waals surface area contributed by atoms with Crippen molar-refractivity contribution in [3.05, 3.63) is 29.3 Å². The number of benzene rings is 1. The molecule has 14 heavy (non-hydrogen) atoms. The molecule has 0 heterocycles. The Bertz CT molecular complexity index is 362. The Kier molecular flexibility index (Phi) is 3.45. The van der Waals surface area contributed by atoms with Crippen molar-refractivity contribution in [1.29, 1.82) is 0 Å². The Morgan fingerprint density at radius 2 is 1.79 bits per heavy atom. The minimum Gasteiger partial charge on any atom is -0.481 e. The summed E-state index contributed by atoms with van der Waals surface area (Å²) >= 11 is 0. The SMILES string of the molecule is C#CCOc1cc(C=O)cc(C=O)c1. The van der Waals surface area contributed by atoms with E-state index >= 15 is 0 Å². The molecule has 0 fully saturated rings. The van der Waals surface area contributed by atoms with Gasteiger partial charge in [-0.1, -0.05) is 5.92 Å². The minimum absolute atomic E-state index is 0.112. The van der Waals surface area contributed by atoms with Gasteiger partial charge in [-0.15, -0.1) is 6.42 Å². The number of carbonyl (C=O) groups excluding carboxylic acids is 2. The van der Waals surface area contributed by atoms with Crippen LogP contribution in [0.4, 0.5) is 0 Å². The first-order valence-corrected chi connectivity index (χ1v) is 3.92. The van der Waals surface area contributed by atoms with Crippen LogP contribution < -0.4 is 4.74 Å². The predicted molar refractivity (Wildman–Crippen MR) is 51.5 cm³/mol. The van der Waals surface area contributed by atoms with Crippen molar-refractivity contribution in [3.8, 4) is 18.1 Å². The number of ether oxygens (including phenoxy) is 1. The molecule has 0 bridgehead atoms. The Hall–Kier alpha value is -2.08. The van der Waals surface area contributed by atoms with E-state index in [-0.39, 0.29) is 6.61 Å². The fourth-order valence-corrected chi connectivity index (χ4v) is 0.990. The van der Waals surface area contributed by atoms with E-state index < -0.39 is 0 Å². The van der Waals surface area contributed by atoms with E-state index in [4.69, 9.17) is 11.2 Å². The highest BCUT2D eigenvalue weighted by atomic mass is 16.5. The molecular weight excluding hydrogens is 180 g/mol. The van der Waals surface area contributed by atoms with Crippen molar-refractivity contribution in [3.63, 3.8) is 0 Å². The van der Waals surface area contributed by atoms with Gasteiger partial charge in [0.1, 0.15) is 24.9 Å². The van der Waals surface area contributed by atoms with Crippen LogP contribution in [-0.4, -0.2) is 19.2 Å². The molecule has 1 aromatic carbocycles. The molecule has 0 unspecified atom stereocenters. The zero-order valence-corrected chi connectivity index (χ0v) is 7.40. The first-order chi connectivity index (χ1) is 6.80. The van der Waals surface area contributed by atoms with Crippen LogP contribution in [-0.2, 0) is 0 Å². The zero-order chi connectivity index (χ0) is 10.4. The van der Waals surface area contributed by atoms with Crippen LogP contribution in [0.15, 0.2) is 18.2 Å². The topological polar surface area (TPSA) is 43.4 Å². The van der Waals surface area contributed by atoms with Gasteiger partial charge in [0, 0.05) is 11.1 Å². The van der Waals surface area contributed by atoms with Crippen LogP contribution in [0.1, 0.15) is 20.7 Å². The molecule has 3 heteroatoms. The molecule has 0 aromatic heterocycles. The summed E-state index contributed by atoms with van der Waals surface area (Å²) in [6.07, 6.45) is 6.30. The van der Waals surface area contributed by atoms with Gasteiger partial charge in [0.2, 0.25) is 0 Å². The van der Waals surface area contributed by atoms with Crippen LogP contribution in [0.3, 0.4) is 0 Å². The molecule has 0 spiro atoms. The maximum absolute atomic E-state index is 10.5. The van der Waals surface area contributed by atoms with Crippen molar-refractivity contribution in [1.82, 2.24) is 0 Å². The third kappa shape index (κ3) is 2.46. The molecule has 0 aliphatic carbocycles. The predicted octanol–water partition coefficient (Wildman–Crippen LogP) is 1.32. The molecular formula is C11H8O3. The van der Waals surface area contributed by atoms with E-state index in [1.807, 2.05) is 0 Å². The molecule has 0 amide bonds. The molecule has 0 aliphatic heterocycles. The average Bonchev–Trinajstić information content (AvgIpc) is 2.25. The second kappa shape index (κ2) is 4.83. The van der Waals surface area contributed by atoms with E-state index in [0.717, 1.165) is 0 Å². The standard InChI is InChI=1S/C11H8O3/c1-2-3-14-11-5-9(7-12)4-10(6-11)8-13/h1,4-8H,3H2. The molecule has 1 aromatic rings. The lowest BCUT2D eigenvalue weighted by atomic mass is 10.1. The number of carbonyl (C=O) groups is 2. The maximum Gasteiger partial charge on any atom is 0.150 e. The van der Waals surface area contributed by atoms with Crippen molar-refractivity contribution in [2.75, 3.05) is 6.61 Å². The van der Waals surface area contributed by atoms with Gasteiger partial charge in [-0.05, 0) is 18.2 Å². The fourth-order valence-electron chi connectivity index (χ4n) is 0.990. The number of hydrogen-bond acceptors (Lipinski definition) is 3. The second-order valence-electron chi connectivity index (χ2n) is 2.56. The number of hydrogen-bond donors (Lipinski definition) is 0. The minimum atomic E-state index is 0.112. The first-order valence-electron chi connectivity index (χ1n) is 3.92. The molecule has 0 atom stereocenters. The van der Waals surface area contributed by atoms with E-state index in [2.05, 4.69) is 5.92 Å². The van der Waals surface area contributed by atoms with Gasteiger partial charge in [-0.3, -0.25) is 9.59 Å². The highest BCUT2D eigenvalue weighted by molar-refractivity contribution is 5.83. The smallest absolute Gasteiger partial charge is 0.150 e. The molecule has 0 radical (unpaired) electrons. The Morgan fingerprint density at radius 3 is 2.21 bits per heavy atom. The van der Waals surface area contributed by atoms with Gasteiger partial charge in [-0.2, -0.15) is 0 Å². The van der Waals surface area contributed by atoms with Gasteiger partial charge in [-0.25, -0.2) is 0 Å². The molecule has 3 nitrogen and oxygen atoms in total. The van der Waals surface area contributed by atoms with Gasteiger partial charge in [0.05, 0.1) is 0 Å². The first kappa shape index (κ1) is 10.0. The van der Waals surface area contributed by atoms with E-state index in [1.54, 1.807) is 0 Å². The van der Waals surface area contributed by atoms with Crippen molar-refractivity contribution < 1.29 is 14.3 Å². The third-order valence-corrected chi connectivity index (χ3v) is 1.55. The molecule has 0 N–H and O–H groups in total. The van der Waals surface area contributed by atoms with Gasteiger partial charge >= 0.3 is 0 Å². The molecule has 70 valence electrons. The second-order valence-corrected chi connectivity index (χ2v) is 2.56. The monoisotopic (exact) mass is 188 g/mol. The molecule has 0 aliphatic rings. The highest BCUT2D eigenvalue weighted by Crippen LogP contribution is 2.15. The number of aldehydes is 2. The fraction of sp³-hybridized carbons (Fsp3) is 0.0909. The van der Waals surface area contributed by atoms with Crippen molar-refractivity contribution >= 4 is 12.6 Å². The Labute approximate surface area is 81.7 Å². The van der Waals surface area contributed by atoms with Crippen molar-refractivity contribution in [2.24, 2.45) is 0 Å². The van der Waals surface area contributed by atoms with Crippen molar-refractivity contribution in [2.45, 2.75) is 0 Å². The lowest BCUT2D eigenvalue weighted by Crippen LogP contribution is -1.96. The summed E-state index contributed by atoms with van der Waals surface area (Å²) in [6, 6.07) is 4.53. The van der Waals surface area contributed by atoms with E-state index in [0.29, 0.717) is 29.4 Å². The molecule has 0 saturated heterocycles. The van der Waals surface area contributed by atoms with Crippen LogP contribution >= 0.6 is 0 Å². The molecule has 0 saturated carbocycles. The Balaban J connectivity index is 2.99.